The van der Waals surface area contributed by atoms with Crippen LogP contribution in [0.5, 0.6) is 17.2 Å². The first kappa shape index (κ1) is 18.9. The van der Waals surface area contributed by atoms with Gasteiger partial charge >= 0.3 is 0 Å². The van der Waals surface area contributed by atoms with Gasteiger partial charge in [0.15, 0.2) is 17.2 Å². The zero-order valence-corrected chi connectivity index (χ0v) is 16.4. The molecule has 1 aliphatic heterocycles. The van der Waals surface area contributed by atoms with Crippen LogP contribution in [0.4, 0.5) is 0 Å². The normalized spacial score (nSPS) is 13.6. The minimum Gasteiger partial charge on any atom is -0.487 e. The second-order valence-electron chi connectivity index (χ2n) is 6.88. The molecule has 0 fully saturated rings. The van der Waals surface area contributed by atoms with Crippen molar-refractivity contribution in [3.8, 4) is 17.2 Å². The molecule has 150 valence electrons. The monoisotopic (exact) mass is 393 g/mol. The molecule has 1 aliphatic rings. The molecule has 1 amide bonds. The quantitative estimate of drug-likeness (QED) is 0.693. The van der Waals surface area contributed by atoms with E-state index in [0.717, 1.165) is 22.8 Å². The first-order valence-corrected chi connectivity index (χ1v) is 9.50. The largest absolute Gasteiger partial charge is 0.487 e. The van der Waals surface area contributed by atoms with Gasteiger partial charge in [0.1, 0.15) is 25.6 Å². The molecule has 0 bridgehead atoms. The molecule has 0 radical (unpaired) electrons. The lowest BCUT2D eigenvalue weighted by atomic mass is 10.1. The van der Waals surface area contributed by atoms with Crippen molar-refractivity contribution in [1.29, 1.82) is 0 Å². The van der Waals surface area contributed by atoms with Crippen LogP contribution < -0.4 is 14.2 Å². The summed E-state index contributed by atoms with van der Waals surface area (Å²) >= 11 is 0. The molecule has 4 rings (SSSR count). The number of amides is 1. The number of fused-ring (bicyclic) bond motifs is 1. The van der Waals surface area contributed by atoms with E-state index in [0.29, 0.717) is 31.3 Å². The zero-order chi connectivity index (χ0) is 20.2. The number of H-pyrrole nitrogens is 1. The number of nitrogens with zero attached hydrogens (tertiary/aromatic N) is 2. The molecule has 0 unspecified atom stereocenters. The van der Waals surface area contributed by atoms with Gasteiger partial charge in [0.05, 0.1) is 11.7 Å². The Kier molecular flexibility index (Phi) is 5.37. The second-order valence-corrected chi connectivity index (χ2v) is 6.88. The van der Waals surface area contributed by atoms with Crippen molar-refractivity contribution in [2.45, 2.75) is 19.6 Å². The summed E-state index contributed by atoms with van der Waals surface area (Å²) in [6.45, 7) is 3.36. The van der Waals surface area contributed by atoms with Gasteiger partial charge in [-0.25, -0.2) is 0 Å². The summed E-state index contributed by atoms with van der Waals surface area (Å²) in [6, 6.07) is 16.8. The maximum absolute atomic E-state index is 12.9. The summed E-state index contributed by atoms with van der Waals surface area (Å²) in [7, 11) is 1.76. The zero-order valence-electron chi connectivity index (χ0n) is 16.4. The third-order valence-electron chi connectivity index (χ3n) is 4.94. The van der Waals surface area contributed by atoms with E-state index >= 15 is 0 Å². The van der Waals surface area contributed by atoms with Gasteiger partial charge in [-0.3, -0.25) is 9.89 Å². The van der Waals surface area contributed by atoms with Crippen molar-refractivity contribution in [2.24, 2.45) is 0 Å². The number of rotatable bonds is 6. The number of para-hydroxylation sites is 1. The molecule has 0 spiro atoms. The van der Waals surface area contributed by atoms with E-state index < -0.39 is 0 Å². The predicted octanol–water partition coefficient (Wildman–Crippen LogP) is 3.59. The summed E-state index contributed by atoms with van der Waals surface area (Å²) in [4.78, 5) is 14.5. The van der Waals surface area contributed by atoms with E-state index in [-0.39, 0.29) is 11.9 Å². The molecular weight excluding hydrogens is 370 g/mol. The molecule has 2 heterocycles. The maximum Gasteiger partial charge on any atom is 0.274 e. The van der Waals surface area contributed by atoms with Crippen molar-refractivity contribution in [2.75, 3.05) is 20.3 Å². The van der Waals surface area contributed by atoms with E-state index in [1.165, 1.54) is 0 Å². The number of aromatic amines is 1. The van der Waals surface area contributed by atoms with E-state index in [4.69, 9.17) is 14.2 Å². The van der Waals surface area contributed by atoms with Crippen molar-refractivity contribution >= 4 is 5.91 Å². The van der Waals surface area contributed by atoms with E-state index in [2.05, 4.69) is 10.2 Å². The molecule has 1 atom stereocenters. The molecule has 0 saturated heterocycles. The third-order valence-corrected chi connectivity index (χ3v) is 4.94. The van der Waals surface area contributed by atoms with E-state index in [1.54, 1.807) is 18.0 Å². The number of ether oxygens (including phenoxy) is 3. The summed E-state index contributed by atoms with van der Waals surface area (Å²) in [5, 5.41) is 7.03. The van der Waals surface area contributed by atoms with Crippen LogP contribution >= 0.6 is 0 Å². The Morgan fingerprint density at radius 3 is 2.69 bits per heavy atom. The van der Waals surface area contributed by atoms with Gasteiger partial charge in [-0.1, -0.05) is 24.3 Å². The van der Waals surface area contributed by atoms with E-state index in [1.807, 2.05) is 55.5 Å². The average Bonchev–Trinajstić information content (AvgIpc) is 3.25. The van der Waals surface area contributed by atoms with Gasteiger partial charge in [0.2, 0.25) is 0 Å². The maximum atomic E-state index is 12.9. The fraction of sp³-hybridized carbons (Fsp3) is 0.273. The Morgan fingerprint density at radius 1 is 1.14 bits per heavy atom. The second kappa shape index (κ2) is 8.26. The lowest BCUT2D eigenvalue weighted by molar-refractivity contribution is 0.0736. The first-order chi connectivity index (χ1) is 14.1. The van der Waals surface area contributed by atoms with Crippen LogP contribution in [0, 0.1) is 0 Å². The van der Waals surface area contributed by atoms with Crippen LogP contribution in [0.1, 0.15) is 34.7 Å². The number of carbonyl (C=O) groups is 1. The lowest BCUT2D eigenvalue weighted by Gasteiger charge is -2.26. The molecule has 7 heteroatoms. The Hall–Kier alpha value is -3.48. The molecule has 7 nitrogen and oxygen atoms in total. The SMILES string of the molecule is C[C@H](c1ccc2c(c1)OCCO2)N(C)C(=O)c1cc(COc2ccccc2)[nH]n1. The summed E-state index contributed by atoms with van der Waals surface area (Å²) in [5.74, 6) is 2.03. The summed E-state index contributed by atoms with van der Waals surface area (Å²) in [5.41, 5.74) is 2.05. The number of carbonyl (C=O) groups excluding carboxylic acids is 1. The summed E-state index contributed by atoms with van der Waals surface area (Å²) < 4.78 is 16.9. The van der Waals surface area contributed by atoms with Crippen LogP contribution in [0.15, 0.2) is 54.6 Å². The van der Waals surface area contributed by atoms with Gasteiger partial charge in [-0.05, 0) is 42.8 Å². The molecular formula is C22H23N3O4. The Bertz CT molecular complexity index is 987. The average molecular weight is 393 g/mol. The Balaban J connectivity index is 1.41. The van der Waals surface area contributed by atoms with Gasteiger partial charge in [-0.15, -0.1) is 0 Å². The van der Waals surface area contributed by atoms with Crippen LogP contribution in [-0.2, 0) is 6.61 Å². The predicted molar refractivity (Wildman–Crippen MR) is 107 cm³/mol. The number of hydrogen-bond acceptors (Lipinski definition) is 5. The van der Waals surface area contributed by atoms with Gasteiger partial charge in [-0.2, -0.15) is 5.10 Å². The fourth-order valence-corrected chi connectivity index (χ4v) is 3.12. The first-order valence-electron chi connectivity index (χ1n) is 9.50. The Morgan fingerprint density at radius 2 is 1.90 bits per heavy atom. The highest BCUT2D eigenvalue weighted by atomic mass is 16.6. The fourth-order valence-electron chi connectivity index (χ4n) is 3.12. The molecule has 2 aromatic carbocycles. The molecule has 3 aromatic rings. The van der Waals surface area contributed by atoms with Gasteiger partial charge < -0.3 is 19.1 Å². The number of benzene rings is 2. The number of hydrogen-bond donors (Lipinski definition) is 1. The van der Waals surface area contributed by atoms with Crippen molar-refractivity contribution < 1.29 is 19.0 Å². The number of aromatic nitrogens is 2. The molecule has 29 heavy (non-hydrogen) atoms. The van der Waals surface area contributed by atoms with Crippen molar-refractivity contribution in [3.05, 3.63) is 71.5 Å². The van der Waals surface area contributed by atoms with Crippen LogP contribution in [-0.4, -0.2) is 41.3 Å². The minimum atomic E-state index is -0.172. The van der Waals surface area contributed by atoms with Gasteiger partial charge in [0, 0.05) is 7.05 Å². The highest BCUT2D eigenvalue weighted by Crippen LogP contribution is 2.34. The van der Waals surface area contributed by atoms with Crippen molar-refractivity contribution in [1.82, 2.24) is 15.1 Å². The Labute approximate surface area is 169 Å². The standard InChI is InChI=1S/C22H23N3O4/c1-15(16-8-9-20-21(12-16)28-11-10-27-20)25(2)22(26)19-13-17(23-24-19)14-29-18-6-4-3-5-7-18/h3-9,12-13,15H,10-11,14H2,1-2H3,(H,23,24)/t15-/m1/s1. The van der Waals surface area contributed by atoms with E-state index in [9.17, 15) is 4.79 Å². The smallest absolute Gasteiger partial charge is 0.274 e. The molecule has 1 N–H and O–H groups in total. The molecule has 0 saturated carbocycles. The van der Waals surface area contributed by atoms with Crippen LogP contribution in [0.2, 0.25) is 0 Å². The minimum absolute atomic E-state index is 0.154. The third kappa shape index (κ3) is 4.18. The highest BCUT2D eigenvalue weighted by Gasteiger charge is 2.23. The van der Waals surface area contributed by atoms with Crippen molar-refractivity contribution in [3.63, 3.8) is 0 Å². The topological polar surface area (TPSA) is 76.7 Å². The summed E-state index contributed by atoms with van der Waals surface area (Å²) in [6.07, 6.45) is 0. The highest BCUT2D eigenvalue weighted by molar-refractivity contribution is 5.92. The van der Waals surface area contributed by atoms with Crippen LogP contribution in [0.3, 0.4) is 0 Å². The molecule has 0 aliphatic carbocycles. The molecule has 1 aromatic heterocycles. The number of nitrogens with one attached hydrogen (secondary N) is 1. The lowest BCUT2D eigenvalue weighted by Crippen LogP contribution is -2.30. The van der Waals surface area contributed by atoms with Gasteiger partial charge in [0.25, 0.3) is 5.91 Å². The van der Waals surface area contributed by atoms with Crippen LogP contribution in [0.25, 0.3) is 0 Å².